The molecule has 21 heavy (non-hydrogen) atoms. The Hall–Kier alpha value is -1.46. The zero-order chi connectivity index (χ0) is 15.8. The third kappa shape index (κ3) is 3.09. The summed E-state index contributed by atoms with van der Waals surface area (Å²) in [6.07, 6.45) is 3.24. The predicted molar refractivity (Wildman–Crippen MR) is 84.1 cm³/mol. The number of carboxylic acids is 1. The van der Waals surface area contributed by atoms with E-state index >= 15 is 0 Å². The van der Waals surface area contributed by atoms with E-state index in [1.165, 1.54) is 30.9 Å². The molecule has 0 amide bonds. The Bertz CT molecular complexity index is 799. The van der Waals surface area contributed by atoms with Crippen LogP contribution in [0.5, 0.6) is 0 Å². The second-order valence-corrected chi connectivity index (χ2v) is 7.77. The highest BCUT2D eigenvalue weighted by molar-refractivity contribution is 14.1. The molecular formula is C12H12IN3O4S. The Morgan fingerprint density at radius 2 is 2.05 bits per heavy atom. The Morgan fingerprint density at radius 1 is 1.38 bits per heavy atom. The molecule has 1 N–H and O–H groups in total. The zero-order valence-electron chi connectivity index (χ0n) is 11.2. The van der Waals surface area contributed by atoms with Crippen molar-refractivity contribution in [2.24, 2.45) is 0 Å². The van der Waals surface area contributed by atoms with Crippen LogP contribution in [-0.2, 0) is 10.0 Å². The summed E-state index contributed by atoms with van der Waals surface area (Å²) in [5.74, 6) is -1.22. The number of benzene rings is 1. The van der Waals surface area contributed by atoms with Crippen LogP contribution in [0.4, 0.5) is 0 Å². The lowest BCUT2D eigenvalue weighted by Gasteiger charge is -2.13. The van der Waals surface area contributed by atoms with Gasteiger partial charge in [-0.3, -0.25) is 0 Å². The highest BCUT2D eigenvalue weighted by atomic mass is 127. The van der Waals surface area contributed by atoms with E-state index in [0.29, 0.717) is 5.69 Å². The van der Waals surface area contributed by atoms with Crippen LogP contribution in [-0.4, -0.2) is 47.7 Å². The largest absolute Gasteiger partial charge is 0.478 e. The van der Waals surface area contributed by atoms with Crippen LogP contribution in [0.1, 0.15) is 10.4 Å². The number of carboxylic acid groups (broad SMARTS) is 1. The fourth-order valence-corrected chi connectivity index (χ4v) is 3.01. The number of hydrogen-bond acceptors (Lipinski definition) is 4. The van der Waals surface area contributed by atoms with Gasteiger partial charge < -0.3 is 5.11 Å². The second kappa shape index (κ2) is 5.73. The van der Waals surface area contributed by atoms with E-state index < -0.39 is 16.0 Å². The van der Waals surface area contributed by atoms with E-state index in [1.54, 1.807) is 12.4 Å². The standard InChI is InChI=1S/C12H12IN3O4S/c1-15(2)21(19,20)9-3-4-11(10(5-9)12(17)18)16-7-8(13)6-14-16/h3-7H,1-2H3,(H,17,18). The van der Waals surface area contributed by atoms with Gasteiger partial charge in [0.15, 0.2) is 0 Å². The minimum Gasteiger partial charge on any atom is -0.478 e. The molecule has 112 valence electrons. The summed E-state index contributed by atoms with van der Waals surface area (Å²) >= 11 is 2.05. The van der Waals surface area contributed by atoms with E-state index in [0.717, 1.165) is 13.9 Å². The van der Waals surface area contributed by atoms with Gasteiger partial charge in [-0.1, -0.05) is 0 Å². The van der Waals surface area contributed by atoms with Crippen molar-refractivity contribution in [2.45, 2.75) is 4.90 Å². The molecule has 0 aliphatic rings. The summed E-state index contributed by atoms with van der Waals surface area (Å²) in [5.41, 5.74) is 0.181. The van der Waals surface area contributed by atoms with Crippen LogP contribution in [0.3, 0.4) is 0 Å². The summed E-state index contributed by atoms with van der Waals surface area (Å²) in [4.78, 5) is 11.3. The number of sulfonamides is 1. The molecule has 1 heterocycles. The molecule has 0 bridgehead atoms. The van der Waals surface area contributed by atoms with E-state index in [2.05, 4.69) is 27.7 Å². The van der Waals surface area contributed by atoms with Crippen LogP contribution < -0.4 is 0 Å². The molecule has 0 aliphatic carbocycles. The van der Waals surface area contributed by atoms with Gasteiger partial charge in [0.1, 0.15) is 0 Å². The van der Waals surface area contributed by atoms with Crippen molar-refractivity contribution in [3.8, 4) is 5.69 Å². The highest BCUT2D eigenvalue weighted by Crippen LogP contribution is 2.21. The van der Waals surface area contributed by atoms with Gasteiger partial charge in [0.2, 0.25) is 10.0 Å². The van der Waals surface area contributed by atoms with Crippen LogP contribution in [0.2, 0.25) is 0 Å². The predicted octanol–water partition coefficient (Wildman–Crippen LogP) is 1.43. The van der Waals surface area contributed by atoms with Crippen molar-refractivity contribution in [1.29, 1.82) is 0 Å². The van der Waals surface area contributed by atoms with Gasteiger partial charge in [0.25, 0.3) is 0 Å². The minimum absolute atomic E-state index is 0.0736. The molecular weight excluding hydrogens is 409 g/mol. The fourth-order valence-electron chi connectivity index (χ4n) is 1.69. The summed E-state index contributed by atoms with van der Waals surface area (Å²) < 4.78 is 27.4. The highest BCUT2D eigenvalue weighted by Gasteiger charge is 2.21. The van der Waals surface area contributed by atoms with E-state index in [4.69, 9.17) is 0 Å². The molecule has 2 rings (SSSR count). The van der Waals surface area contributed by atoms with Crippen molar-refractivity contribution >= 4 is 38.6 Å². The Labute approximate surface area is 135 Å². The Balaban J connectivity index is 2.64. The second-order valence-electron chi connectivity index (χ2n) is 4.37. The van der Waals surface area contributed by atoms with Crippen molar-refractivity contribution in [3.63, 3.8) is 0 Å². The molecule has 0 radical (unpaired) electrons. The van der Waals surface area contributed by atoms with Crippen molar-refractivity contribution in [3.05, 3.63) is 39.7 Å². The first kappa shape index (κ1) is 15.9. The fraction of sp³-hybridized carbons (Fsp3) is 0.167. The quantitative estimate of drug-likeness (QED) is 0.755. The smallest absolute Gasteiger partial charge is 0.337 e. The third-order valence-corrected chi connectivity index (χ3v) is 5.14. The van der Waals surface area contributed by atoms with Gasteiger partial charge >= 0.3 is 5.97 Å². The molecule has 0 atom stereocenters. The van der Waals surface area contributed by atoms with Crippen molar-refractivity contribution in [1.82, 2.24) is 14.1 Å². The first-order valence-corrected chi connectivity index (χ1v) is 8.26. The van der Waals surface area contributed by atoms with Gasteiger partial charge in [0.05, 0.1) is 25.9 Å². The normalized spacial score (nSPS) is 11.8. The topological polar surface area (TPSA) is 92.5 Å². The van der Waals surface area contributed by atoms with Crippen LogP contribution in [0.15, 0.2) is 35.5 Å². The van der Waals surface area contributed by atoms with Gasteiger partial charge in [0, 0.05) is 20.3 Å². The lowest BCUT2D eigenvalue weighted by molar-refractivity contribution is 0.0696. The average Bonchev–Trinajstić information content (AvgIpc) is 2.84. The number of rotatable bonds is 4. The molecule has 0 saturated carbocycles. The molecule has 1 aromatic heterocycles. The van der Waals surface area contributed by atoms with Gasteiger partial charge in [-0.05, 0) is 40.8 Å². The zero-order valence-corrected chi connectivity index (χ0v) is 14.2. The first-order chi connectivity index (χ1) is 9.73. The van der Waals surface area contributed by atoms with Gasteiger partial charge in [-0.25, -0.2) is 22.2 Å². The number of aromatic carboxylic acids is 1. The molecule has 0 aliphatic heterocycles. The number of hydrogen-bond donors (Lipinski definition) is 1. The lowest BCUT2D eigenvalue weighted by Crippen LogP contribution is -2.22. The molecule has 0 spiro atoms. The van der Waals surface area contributed by atoms with E-state index in [9.17, 15) is 18.3 Å². The maximum atomic E-state index is 12.1. The van der Waals surface area contributed by atoms with Crippen molar-refractivity contribution in [2.75, 3.05) is 14.1 Å². The first-order valence-electron chi connectivity index (χ1n) is 5.74. The average molecular weight is 421 g/mol. The summed E-state index contributed by atoms with van der Waals surface area (Å²) in [6.45, 7) is 0. The summed E-state index contributed by atoms with van der Waals surface area (Å²) in [7, 11) is -0.911. The molecule has 0 fully saturated rings. The van der Waals surface area contributed by atoms with Crippen molar-refractivity contribution < 1.29 is 18.3 Å². The maximum absolute atomic E-state index is 12.1. The number of nitrogens with zero attached hydrogens (tertiary/aromatic N) is 3. The molecule has 7 nitrogen and oxygen atoms in total. The number of halogens is 1. The molecule has 2 aromatic rings. The SMILES string of the molecule is CN(C)S(=O)(=O)c1ccc(-n2cc(I)cn2)c(C(=O)O)c1. The summed E-state index contributed by atoms with van der Waals surface area (Å²) in [6, 6.07) is 3.94. The Kier molecular flexibility index (Phi) is 4.35. The van der Waals surface area contributed by atoms with E-state index in [1.807, 2.05) is 0 Å². The number of carbonyl (C=O) groups is 1. The van der Waals surface area contributed by atoms with E-state index in [-0.39, 0.29) is 10.5 Å². The molecule has 0 saturated heterocycles. The summed E-state index contributed by atoms with van der Waals surface area (Å²) in [5, 5.41) is 13.4. The van der Waals surface area contributed by atoms with Crippen LogP contribution >= 0.6 is 22.6 Å². The molecule has 0 unspecified atom stereocenters. The van der Waals surface area contributed by atoms with Gasteiger partial charge in [-0.15, -0.1) is 0 Å². The maximum Gasteiger partial charge on any atom is 0.337 e. The number of aromatic nitrogens is 2. The monoisotopic (exact) mass is 421 g/mol. The Morgan fingerprint density at radius 3 is 2.52 bits per heavy atom. The van der Waals surface area contributed by atoms with Crippen LogP contribution in [0, 0.1) is 3.57 Å². The van der Waals surface area contributed by atoms with Crippen LogP contribution in [0.25, 0.3) is 5.69 Å². The third-order valence-electron chi connectivity index (χ3n) is 2.77. The minimum atomic E-state index is -3.69. The van der Waals surface area contributed by atoms with Gasteiger partial charge in [-0.2, -0.15) is 5.10 Å². The molecule has 1 aromatic carbocycles. The molecule has 9 heteroatoms. The lowest BCUT2D eigenvalue weighted by atomic mass is 10.2.